The first-order valence-corrected chi connectivity index (χ1v) is 4.44. The summed E-state index contributed by atoms with van der Waals surface area (Å²) in [5.41, 5.74) is 1.61. The highest BCUT2D eigenvalue weighted by Gasteiger charge is 2.00. The van der Waals surface area contributed by atoms with Crippen molar-refractivity contribution in [1.82, 2.24) is 5.32 Å². The lowest BCUT2D eigenvalue weighted by atomic mass is 10.1. The van der Waals surface area contributed by atoms with Gasteiger partial charge in [0, 0.05) is 19.0 Å². The summed E-state index contributed by atoms with van der Waals surface area (Å²) in [6.07, 6.45) is 0. The Hall–Kier alpha value is -1.64. The number of hydrogen-bond donors (Lipinski definition) is 1. The minimum atomic E-state index is -0.0711. The van der Waals surface area contributed by atoms with Crippen LogP contribution in [0.5, 0.6) is 0 Å². The molecular weight excluding hydrogens is 178 g/mol. The van der Waals surface area contributed by atoms with Crippen LogP contribution in [0.15, 0.2) is 24.3 Å². The van der Waals surface area contributed by atoms with Gasteiger partial charge >= 0.3 is 0 Å². The average molecular weight is 191 g/mol. The number of rotatable bonds is 3. The Morgan fingerprint density at radius 1 is 1.29 bits per heavy atom. The number of hydrogen-bond acceptors (Lipinski definition) is 2. The zero-order valence-corrected chi connectivity index (χ0v) is 8.33. The molecule has 0 fully saturated rings. The maximum absolute atomic E-state index is 11.0. The van der Waals surface area contributed by atoms with Crippen molar-refractivity contribution >= 4 is 11.7 Å². The second-order valence-corrected chi connectivity index (χ2v) is 3.17. The van der Waals surface area contributed by atoms with E-state index >= 15 is 0 Å². The van der Waals surface area contributed by atoms with E-state index in [0.717, 1.165) is 5.56 Å². The van der Waals surface area contributed by atoms with Gasteiger partial charge in [-0.3, -0.25) is 9.59 Å². The fourth-order valence-corrected chi connectivity index (χ4v) is 1.13. The van der Waals surface area contributed by atoms with Crippen molar-refractivity contribution in [3.63, 3.8) is 0 Å². The second-order valence-electron chi connectivity index (χ2n) is 3.17. The maximum atomic E-state index is 11.0. The van der Waals surface area contributed by atoms with E-state index in [1.807, 2.05) is 12.1 Å². The number of amides is 1. The zero-order chi connectivity index (χ0) is 10.6. The van der Waals surface area contributed by atoms with Gasteiger partial charge in [0.05, 0.1) is 0 Å². The van der Waals surface area contributed by atoms with Gasteiger partial charge in [0.25, 0.3) is 0 Å². The van der Waals surface area contributed by atoms with Gasteiger partial charge in [-0.1, -0.05) is 18.2 Å². The van der Waals surface area contributed by atoms with Crippen LogP contribution in [-0.4, -0.2) is 11.7 Å². The molecule has 0 spiro atoms. The SMILES string of the molecule is CC(=O)NCc1cccc(C(C)=O)c1. The third kappa shape index (κ3) is 3.01. The lowest BCUT2D eigenvalue weighted by Gasteiger charge is -2.03. The second kappa shape index (κ2) is 4.56. The van der Waals surface area contributed by atoms with Crippen molar-refractivity contribution in [2.24, 2.45) is 0 Å². The van der Waals surface area contributed by atoms with Crippen LogP contribution in [0.4, 0.5) is 0 Å². The van der Waals surface area contributed by atoms with Crippen LogP contribution in [0.2, 0.25) is 0 Å². The molecule has 1 rings (SSSR count). The van der Waals surface area contributed by atoms with E-state index < -0.39 is 0 Å². The smallest absolute Gasteiger partial charge is 0.217 e. The minimum Gasteiger partial charge on any atom is -0.352 e. The van der Waals surface area contributed by atoms with E-state index in [0.29, 0.717) is 12.1 Å². The standard InChI is InChI=1S/C11H13NO2/c1-8(13)11-5-3-4-10(6-11)7-12-9(2)14/h3-6H,7H2,1-2H3,(H,12,14). The van der Waals surface area contributed by atoms with Gasteiger partial charge < -0.3 is 5.32 Å². The summed E-state index contributed by atoms with van der Waals surface area (Å²) in [6, 6.07) is 7.24. The normalized spacial score (nSPS) is 9.57. The molecule has 3 nitrogen and oxygen atoms in total. The predicted molar refractivity (Wildman–Crippen MR) is 54.0 cm³/mol. The highest BCUT2D eigenvalue weighted by Crippen LogP contribution is 2.05. The molecule has 14 heavy (non-hydrogen) atoms. The van der Waals surface area contributed by atoms with Crippen molar-refractivity contribution in [3.05, 3.63) is 35.4 Å². The maximum Gasteiger partial charge on any atom is 0.217 e. The molecule has 0 heterocycles. The van der Waals surface area contributed by atoms with Crippen LogP contribution in [0, 0.1) is 0 Å². The van der Waals surface area contributed by atoms with Crippen LogP contribution in [0.3, 0.4) is 0 Å². The van der Waals surface area contributed by atoms with E-state index in [4.69, 9.17) is 0 Å². The molecule has 0 atom stereocenters. The molecule has 0 unspecified atom stereocenters. The Labute approximate surface area is 83.1 Å². The first kappa shape index (κ1) is 10.4. The number of Topliss-reactive ketones (excluding diaryl/α,β-unsaturated/α-hetero) is 1. The third-order valence-corrected chi connectivity index (χ3v) is 1.87. The third-order valence-electron chi connectivity index (χ3n) is 1.87. The molecule has 0 aliphatic heterocycles. The Kier molecular flexibility index (Phi) is 3.40. The molecule has 0 saturated carbocycles. The van der Waals surface area contributed by atoms with Crippen molar-refractivity contribution < 1.29 is 9.59 Å². The molecule has 1 N–H and O–H groups in total. The van der Waals surface area contributed by atoms with E-state index in [1.165, 1.54) is 13.8 Å². The monoisotopic (exact) mass is 191 g/mol. The van der Waals surface area contributed by atoms with E-state index in [9.17, 15) is 9.59 Å². The van der Waals surface area contributed by atoms with E-state index in [2.05, 4.69) is 5.32 Å². The topological polar surface area (TPSA) is 46.2 Å². The highest BCUT2D eigenvalue weighted by atomic mass is 16.1. The predicted octanol–water partition coefficient (Wildman–Crippen LogP) is 1.53. The number of nitrogens with one attached hydrogen (secondary N) is 1. The summed E-state index contributed by atoms with van der Waals surface area (Å²) in [5.74, 6) is -0.0343. The molecule has 0 radical (unpaired) electrons. The van der Waals surface area contributed by atoms with Gasteiger partial charge in [-0.2, -0.15) is 0 Å². The highest BCUT2D eigenvalue weighted by molar-refractivity contribution is 5.94. The van der Waals surface area contributed by atoms with Gasteiger partial charge in [0.2, 0.25) is 5.91 Å². The lowest BCUT2D eigenvalue weighted by Crippen LogP contribution is -2.18. The summed E-state index contributed by atoms with van der Waals surface area (Å²) in [4.78, 5) is 21.7. The summed E-state index contributed by atoms with van der Waals surface area (Å²) in [6.45, 7) is 3.46. The van der Waals surface area contributed by atoms with Gasteiger partial charge in [-0.25, -0.2) is 0 Å². The molecule has 1 amide bonds. The van der Waals surface area contributed by atoms with Crippen LogP contribution >= 0.6 is 0 Å². The number of carbonyl (C=O) groups is 2. The first-order valence-electron chi connectivity index (χ1n) is 4.44. The molecule has 0 aromatic heterocycles. The minimum absolute atomic E-state index is 0.0367. The van der Waals surface area contributed by atoms with E-state index in [1.54, 1.807) is 12.1 Å². The first-order chi connectivity index (χ1) is 6.59. The van der Waals surface area contributed by atoms with Crippen molar-refractivity contribution in [3.8, 4) is 0 Å². The van der Waals surface area contributed by atoms with Crippen LogP contribution < -0.4 is 5.32 Å². The fraction of sp³-hybridized carbons (Fsp3) is 0.273. The van der Waals surface area contributed by atoms with E-state index in [-0.39, 0.29) is 11.7 Å². The number of benzene rings is 1. The number of carbonyl (C=O) groups excluding carboxylic acids is 2. The average Bonchev–Trinajstić information content (AvgIpc) is 2.15. The molecule has 0 aliphatic carbocycles. The van der Waals surface area contributed by atoms with Gasteiger partial charge in [0.1, 0.15) is 0 Å². The van der Waals surface area contributed by atoms with Gasteiger partial charge in [0.15, 0.2) is 5.78 Å². The molecule has 0 saturated heterocycles. The van der Waals surface area contributed by atoms with Crippen LogP contribution in [0.1, 0.15) is 29.8 Å². The molecule has 1 aromatic carbocycles. The van der Waals surface area contributed by atoms with Crippen molar-refractivity contribution in [2.45, 2.75) is 20.4 Å². The van der Waals surface area contributed by atoms with Crippen molar-refractivity contribution in [1.29, 1.82) is 0 Å². The Bertz CT molecular complexity index is 358. The summed E-state index contributed by atoms with van der Waals surface area (Å²) < 4.78 is 0. The van der Waals surface area contributed by atoms with Gasteiger partial charge in [-0.05, 0) is 18.6 Å². The molecule has 1 aromatic rings. The fourth-order valence-electron chi connectivity index (χ4n) is 1.13. The summed E-state index contributed by atoms with van der Waals surface area (Å²) in [5, 5.41) is 2.68. The summed E-state index contributed by atoms with van der Waals surface area (Å²) in [7, 11) is 0. The van der Waals surface area contributed by atoms with Crippen LogP contribution in [-0.2, 0) is 11.3 Å². The van der Waals surface area contributed by atoms with Crippen molar-refractivity contribution in [2.75, 3.05) is 0 Å². The molecule has 0 bridgehead atoms. The lowest BCUT2D eigenvalue weighted by molar-refractivity contribution is -0.119. The Morgan fingerprint density at radius 2 is 2.00 bits per heavy atom. The molecule has 0 aliphatic rings. The Balaban J connectivity index is 2.73. The Morgan fingerprint density at radius 3 is 2.57 bits per heavy atom. The zero-order valence-electron chi connectivity index (χ0n) is 8.33. The molecular formula is C11H13NO2. The van der Waals surface area contributed by atoms with Crippen LogP contribution in [0.25, 0.3) is 0 Å². The molecule has 3 heteroatoms. The molecule has 74 valence electrons. The largest absolute Gasteiger partial charge is 0.352 e. The number of ketones is 1. The quantitative estimate of drug-likeness (QED) is 0.736. The van der Waals surface area contributed by atoms with Gasteiger partial charge in [-0.15, -0.1) is 0 Å². The summed E-state index contributed by atoms with van der Waals surface area (Å²) >= 11 is 0.